The number of rotatable bonds is 5. The van der Waals surface area contributed by atoms with Crippen molar-refractivity contribution >= 4 is 33.4 Å². The molecule has 7 heteroatoms. The molecule has 0 saturated carbocycles. The number of H-pyrrole nitrogens is 2. The molecule has 0 bridgehead atoms. The van der Waals surface area contributed by atoms with Gasteiger partial charge in [-0.2, -0.15) is 5.10 Å². The first-order valence-corrected chi connectivity index (χ1v) is 10.0. The number of nitrogens with zero attached hydrogens (tertiary/aromatic N) is 3. The van der Waals surface area contributed by atoms with Crippen molar-refractivity contribution in [1.29, 1.82) is 0 Å². The second-order valence-corrected chi connectivity index (χ2v) is 7.85. The number of carbonyl (C=O) groups excluding carboxylic acids is 1. The van der Waals surface area contributed by atoms with Gasteiger partial charge in [0.15, 0.2) is 0 Å². The van der Waals surface area contributed by atoms with Gasteiger partial charge in [0, 0.05) is 28.0 Å². The van der Waals surface area contributed by atoms with Crippen LogP contribution >= 0.6 is 0 Å². The fourth-order valence-electron chi connectivity index (χ4n) is 3.75. The van der Waals surface area contributed by atoms with E-state index in [1.807, 2.05) is 49.3 Å². The van der Waals surface area contributed by atoms with Crippen LogP contribution in [0.4, 0.5) is 5.69 Å². The van der Waals surface area contributed by atoms with Crippen LogP contribution in [0.3, 0.4) is 0 Å². The number of fused-ring (bicyclic) bond motifs is 2. The highest BCUT2D eigenvalue weighted by Crippen LogP contribution is 2.32. The number of pyridine rings is 1. The summed E-state index contributed by atoms with van der Waals surface area (Å²) >= 11 is 0. The van der Waals surface area contributed by atoms with E-state index in [4.69, 9.17) is 0 Å². The lowest BCUT2D eigenvalue weighted by atomic mass is 10.0. The fraction of sp³-hybridized carbons (Fsp3) is 0.125. The third kappa shape index (κ3) is 3.78. The van der Waals surface area contributed by atoms with Gasteiger partial charge in [0.2, 0.25) is 5.91 Å². The summed E-state index contributed by atoms with van der Waals surface area (Å²) in [5.74, 6) is -0.0738. The number of carbonyl (C=O) groups is 1. The van der Waals surface area contributed by atoms with E-state index in [0.29, 0.717) is 12.2 Å². The number of amides is 1. The average Bonchev–Trinajstić information content (AvgIpc) is 3.36. The molecule has 154 valence electrons. The molecule has 0 saturated heterocycles. The van der Waals surface area contributed by atoms with E-state index >= 15 is 0 Å². The molecule has 0 fully saturated rings. The van der Waals surface area contributed by atoms with Crippen molar-refractivity contribution in [2.24, 2.45) is 0 Å². The second kappa shape index (κ2) is 7.70. The van der Waals surface area contributed by atoms with Crippen LogP contribution in [-0.2, 0) is 4.79 Å². The predicted octanol–water partition coefficient (Wildman–Crippen LogP) is 4.27. The molecule has 0 spiro atoms. The number of aromatic nitrogens is 4. The normalized spacial score (nSPS) is 11.5. The maximum Gasteiger partial charge on any atom is 0.238 e. The molecule has 1 amide bonds. The molecule has 3 aromatic heterocycles. The Bertz CT molecular complexity index is 1360. The van der Waals surface area contributed by atoms with Crippen molar-refractivity contribution in [3.8, 4) is 22.5 Å². The summed E-state index contributed by atoms with van der Waals surface area (Å²) in [4.78, 5) is 21.7. The van der Waals surface area contributed by atoms with Gasteiger partial charge in [-0.25, -0.2) is 0 Å². The summed E-state index contributed by atoms with van der Waals surface area (Å²) in [6.45, 7) is 0.319. The summed E-state index contributed by atoms with van der Waals surface area (Å²) in [6.07, 6.45) is 3.45. The average molecular weight is 410 g/mol. The Balaban J connectivity index is 1.51. The first-order chi connectivity index (χ1) is 15.1. The van der Waals surface area contributed by atoms with E-state index in [-0.39, 0.29) is 5.91 Å². The number of nitrogens with one attached hydrogen (secondary N) is 3. The van der Waals surface area contributed by atoms with Crippen molar-refractivity contribution in [1.82, 2.24) is 25.1 Å². The largest absolute Gasteiger partial charge is 0.353 e. The highest BCUT2D eigenvalue weighted by atomic mass is 16.2. The van der Waals surface area contributed by atoms with Crippen molar-refractivity contribution in [2.75, 3.05) is 26.0 Å². The van der Waals surface area contributed by atoms with Gasteiger partial charge in [-0.05, 0) is 50.0 Å². The van der Waals surface area contributed by atoms with Crippen LogP contribution in [0.2, 0.25) is 0 Å². The Labute approximate surface area is 179 Å². The van der Waals surface area contributed by atoms with E-state index in [9.17, 15) is 4.79 Å². The lowest BCUT2D eigenvalue weighted by Gasteiger charge is -2.11. The Kier molecular flexibility index (Phi) is 4.72. The Morgan fingerprint density at radius 3 is 2.71 bits per heavy atom. The molecule has 0 aliphatic rings. The van der Waals surface area contributed by atoms with Crippen LogP contribution in [0.1, 0.15) is 0 Å². The Morgan fingerprint density at radius 1 is 1.00 bits per heavy atom. The predicted molar refractivity (Wildman–Crippen MR) is 124 cm³/mol. The van der Waals surface area contributed by atoms with Gasteiger partial charge >= 0.3 is 0 Å². The highest BCUT2D eigenvalue weighted by Gasteiger charge is 2.13. The van der Waals surface area contributed by atoms with Crippen LogP contribution in [0.5, 0.6) is 0 Å². The summed E-state index contributed by atoms with van der Waals surface area (Å²) in [6, 6.07) is 18.4. The maximum atomic E-state index is 12.1. The minimum absolute atomic E-state index is 0.0738. The molecule has 2 aromatic carbocycles. The molecule has 0 atom stereocenters. The minimum Gasteiger partial charge on any atom is -0.353 e. The third-order valence-electron chi connectivity index (χ3n) is 5.16. The Morgan fingerprint density at radius 2 is 1.87 bits per heavy atom. The van der Waals surface area contributed by atoms with Crippen LogP contribution < -0.4 is 5.32 Å². The number of benzene rings is 2. The molecule has 5 aromatic rings. The molecule has 5 rings (SSSR count). The van der Waals surface area contributed by atoms with Crippen LogP contribution in [0, 0.1) is 0 Å². The van der Waals surface area contributed by atoms with Crippen LogP contribution in [-0.4, -0.2) is 51.6 Å². The molecular formula is C24H22N6O. The molecule has 0 radical (unpaired) electrons. The van der Waals surface area contributed by atoms with Crippen molar-refractivity contribution in [3.05, 3.63) is 67.0 Å². The second-order valence-electron chi connectivity index (χ2n) is 7.85. The monoisotopic (exact) mass is 410 g/mol. The summed E-state index contributed by atoms with van der Waals surface area (Å²) < 4.78 is 0. The molecule has 3 heterocycles. The van der Waals surface area contributed by atoms with Gasteiger partial charge in [-0.15, -0.1) is 0 Å². The number of anilines is 1. The van der Waals surface area contributed by atoms with E-state index < -0.39 is 0 Å². The van der Waals surface area contributed by atoms with Crippen molar-refractivity contribution in [3.63, 3.8) is 0 Å². The van der Waals surface area contributed by atoms with Gasteiger partial charge in [-0.1, -0.05) is 24.3 Å². The zero-order valence-corrected chi connectivity index (χ0v) is 17.3. The molecular weight excluding hydrogens is 388 g/mol. The minimum atomic E-state index is -0.0738. The standard InChI is InChI=1S/C24H22N6O/c1-30(2)14-23(31)26-18-9-17(12-25-13-18)15-7-8-21-19(10-15)24(29-28-21)22-11-16-5-3-4-6-20(16)27-22/h3-13,27H,14H2,1-2H3,(H,26,31)(H,28,29). The van der Waals surface area contributed by atoms with Crippen LogP contribution in [0.15, 0.2) is 67.0 Å². The number of hydrogen-bond acceptors (Lipinski definition) is 4. The quantitative estimate of drug-likeness (QED) is 0.404. The number of para-hydroxylation sites is 1. The summed E-state index contributed by atoms with van der Waals surface area (Å²) in [5.41, 5.74) is 6.48. The smallest absolute Gasteiger partial charge is 0.238 e. The molecule has 0 aliphatic carbocycles. The lowest BCUT2D eigenvalue weighted by molar-refractivity contribution is -0.116. The molecule has 0 aliphatic heterocycles. The SMILES string of the molecule is CN(C)CC(=O)Nc1cncc(-c2ccc3[nH]nc(-c4cc5ccccc5[nH]4)c3c2)c1. The fourth-order valence-corrected chi connectivity index (χ4v) is 3.75. The Hall–Kier alpha value is -3.97. The maximum absolute atomic E-state index is 12.1. The molecule has 7 nitrogen and oxygen atoms in total. The van der Waals surface area contributed by atoms with E-state index in [1.54, 1.807) is 12.4 Å². The zero-order valence-electron chi connectivity index (χ0n) is 17.3. The van der Waals surface area contributed by atoms with E-state index in [0.717, 1.165) is 44.3 Å². The zero-order chi connectivity index (χ0) is 21.4. The number of hydrogen-bond donors (Lipinski definition) is 3. The van der Waals surface area contributed by atoms with Crippen molar-refractivity contribution < 1.29 is 4.79 Å². The third-order valence-corrected chi connectivity index (χ3v) is 5.16. The van der Waals surface area contributed by atoms with E-state index in [1.165, 1.54) is 0 Å². The molecule has 31 heavy (non-hydrogen) atoms. The number of likely N-dealkylation sites (N-methyl/N-ethyl adjacent to an activating group) is 1. The van der Waals surface area contributed by atoms with Gasteiger partial charge < -0.3 is 15.2 Å². The topological polar surface area (TPSA) is 89.7 Å². The lowest BCUT2D eigenvalue weighted by Crippen LogP contribution is -2.27. The molecule has 0 unspecified atom stereocenters. The van der Waals surface area contributed by atoms with E-state index in [2.05, 4.69) is 49.7 Å². The first-order valence-electron chi connectivity index (χ1n) is 10.0. The van der Waals surface area contributed by atoms with Gasteiger partial charge in [0.1, 0.15) is 5.69 Å². The van der Waals surface area contributed by atoms with Crippen molar-refractivity contribution in [2.45, 2.75) is 0 Å². The highest BCUT2D eigenvalue weighted by molar-refractivity contribution is 5.98. The van der Waals surface area contributed by atoms with Gasteiger partial charge in [0.05, 0.1) is 29.6 Å². The van der Waals surface area contributed by atoms with Gasteiger partial charge in [-0.3, -0.25) is 14.9 Å². The van der Waals surface area contributed by atoms with Crippen LogP contribution in [0.25, 0.3) is 44.3 Å². The van der Waals surface area contributed by atoms with Gasteiger partial charge in [0.25, 0.3) is 0 Å². The summed E-state index contributed by atoms with van der Waals surface area (Å²) in [7, 11) is 3.72. The number of aromatic amines is 2. The molecule has 3 N–H and O–H groups in total. The summed E-state index contributed by atoms with van der Waals surface area (Å²) in [5, 5.41) is 12.7. The first kappa shape index (κ1) is 19.0.